The van der Waals surface area contributed by atoms with Gasteiger partial charge >= 0.3 is 0 Å². The first-order valence-electron chi connectivity index (χ1n) is 24.4. The summed E-state index contributed by atoms with van der Waals surface area (Å²) in [7, 11) is 0. The molecule has 0 radical (unpaired) electrons. The van der Waals surface area contributed by atoms with E-state index in [1.54, 1.807) is 0 Å². The first kappa shape index (κ1) is 40.6. The Morgan fingerprint density at radius 2 is 0.676 bits per heavy atom. The average Bonchev–Trinajstić information content (AvgIpc) is 3.77. The molecule has 14 aromatic rings. The molecule has 1 heterocycles. The minimum atomic E-state index is 1.07. The van der Waals surface area contributed by atoms with Crippen molar-refractivity contribution in [3.8, 4) is 27.9 Å². The molecule has 0 aliphatic carbocycles. The van der Waals surface area contributed by atoms with Crippen LogP contribution in [-0.4, -0.2) is 4.57 Å². The van der Waals surface area contributed by atoms with Crippen LogP contribution in [0.2, 0.25) is 0 Å². The van der Waals surface area contributed by atoms with Gasteiger partial charge < -0.3 is 14.4 Å². The van der Waals surface area contributed by atoms with Crippen molar-refractivity contribution in [1.82, 2.24) is 4.57 Å². The molecule has 13 aromatic carbocycles. The second-order valence-corrected chi connectivity index (χ2v) is 18.5. The Labute approximate surface area is 412 Å². The fourth-order valence-corrected chi connectivity index (χ4v) is 11.2. The van der Waals surface area contributed by atoms with Crippen LogP contribution in [0.3, 0.4) is 0 Å². The van der Waals surface area contributed by atoms with E-state index in [0.717, 1.165) is 39.7 Å². The van der Waals surface area contributed by atoms with Gasteiger partial charge in [-0.25, -0.2) is 0 Å². The molecule has 0 fully saturated rings. The molecule has 0 atom stereocenters. The first-order chi connectivity index (χ1) is 35.2. The molecule has 3 nitrogen and oxygen atoms in total. The molecule has 0 aliphatic heterocycles. The van der Waals surface area contributed by atoms with Gasteiger partial charge in [0.05, 0.1) is 16.7 Å². The number of hydrogen-bond donors (Lipinski definition) is 0. The maximum absolute atomic E-state index is 2.50. The van der Waals surface area contributed by atoms with Crippen molar-refractivity contribution >= 4 is 99.0 Å². The lowest BCUT2D eigenvalue weighted by Gasteiger charge is -2.28. The molecule has 71 heavy (non-hydrogen) atoms. The maximum Gasteiger partial charge on any atom is 0.0553 e. The van der Waals surface area contributed by atoms with Crippen LogP contribution in [0.1, 0.15) is 0 Å². The van der Waals surface area contributed by atoms with Gasteiger partial charge in [-0.1, -0.05) is 176 Å². The van der Waals surface area contributed by atoms with E-state index in [-0.39, 0.29) is 0 Å². The van der Waals surface area contributed by atoms with Crippen molar-refractivity contribution in [3.63, 3.8) is 0 Å². The quantitative estimate of drug-likeness (QED) is 0.134. The molecule has 0 unspecified atom stereocenters. The number of fused-ring (bicyclic) bond motifs is 5. The minimum Gasteiger partial charge on any atom is -0.311 e. The van der Waals surface area contributed by atoms with Crippen LogP contribution < -0.4 is 9.80 Å². The summed E-state index contributed by atoms with van der Waals surface area (Å²) >= 11 is 0. The van der Waals surface area contributed by atoms with Crippen LogP contribution in [0.4, 0.5) is 34.1 Å². The first-order valence-corrected chi connectivity index (χ1v) is 24.4. The summed E-state index contributed by atoms with van der Waals surface area (Å²) in [5.41, 5.74) is 14.9. The molecule has 1 aromatic heterocycles. The summed E-state index contributed by atoms with van der Waals surface area (Å²) in [4.78, 5) is 4.67. The number of benzene rings is 13. The van der Waals surface area contributed by atoms with Crippen molar-refractivity contribution < 1.29 is 0 Å². The van der Waals surface area contributed by atoms with Crippen molar-refractivity contribution in [1.29, 1.82) is 0 Å². The molecule has 0 spiro atoms. The highest BCUT2D eigenvalue weighted by molar-refractivity contribution is 6.33. The zero-order chi connectivity index (χ0) is 46.8. The van der Waals surface area contributed by atoms with Crippen molar-refractivity contribution in [2.45, 2.75) is 0 Å². The predicted molar refractivity (Wildman–Crippen MR) is 302 cm³/mol. The van der Waals surface area contributed by atoms with Gasteiger partial charge in [-0.2, -0.15) is 0 Å². The maximum atomic E-state index is 2.50. The number of anilines is 6. The van der Waals surface area contributed by atoms with Gasteiger partial charge in [0.2, 0.25) is 0 Å². The van der Waals surface area contributed by atoms with E-state index >= 15 is 0 Å². The van der Waals surface area contributed by atoms with Gasteiger partial charge in [0.25, 0.3) is 0 Å². The molecular weight excluding hydrogens is 859 g/mol. The van der Waals surface area contributed by atoms with Gasteiger partial charge in [-0.15, -0.1) is 0 Å². The van der Waals surface area contributed by atoms with Crippen molar-refractivity contribution in [3.05, 3.63) is 273 Å². The standard InChI is InChI=1S/C68H45N3/c1-4-14-46(15-5-1)47-28-34-56(35-29-47)70(59-40-38-58(39-41-59)69(54-20-6-2-7-21-54)55-22-8-3-9-23-55)57-36-30-48(31-37-57)52-33-43-64-62(44-52)68-61-42-32-51-19-12-18-50-26-27-53(67(61)66(50)51)45-65(68)71(64)63-25-13-17-49-16-10-11-24-60(49)63/h1-45H. The Bertz CT molecular complexity index is 4180. The third-order valence-electron chi connectivity index (χ3n) is 14.5. The highest BCUT2D eigenvalue weighted by Gasteiger charge is 2.21. The molecule has 0 N–H and O–H groups in total. The van der Waals surface area contributed by atoms with Crippen LogP contribution in [-0.2, 0) is 0 Å². The highest BCUT2D eigenvalue weighted by Crippen LogP contribution is 2.46. The van der Waals surface area contributed by atoms with E-state index in [2.05, 4.69) is 287 Å². The van der Waals surface area contributed by atoms with E-state index < -0.39 is 0 Å². The van der Waals surface area contributed by atoms with Crippen LogP contribution in [0, 0.1) is 0 Å². The number of rotatable bonds is 9. The Kier molecular flexibility index (Phi) is 9.53. The van der Waals surface area contributed by atoms with Crippen LogP contribution in [0.5, 0.6) is 0 Å². The fourth-order valence-electron chi connectivity index (χ4n) is 11.2. The molecule has 0 saturated heterocycles. The largest absolute Gasteiger partial charge is 0.311 e. The second kappa shape index (κ2) is 16.7. The lowest BCUT2D eigenvalue weighted by molar-refractivity contribution is 1.20. The van der Waals surface area contributed by atoms with Crippen molar-refractivity contribution in [2.75, 3.05) is 9.80 Å². The molecule has 0 bridgehead atoms. The van der Waals surface area contributed by atoms with Crippen LogP contribution >= 0.6 is 0 Å². The smallest absolute Gasteiger partial charge is 0.0553 e. The topological polar surface area (TPSA) is 11.4 Å². The Morgan fingerprint density at radius 3 is 1.31 bits per heavy atom. The van der Waals surface area contributed by atoms with Gasteiger partial charge in [0.1, 0.15) is 0 Å². The summed E-state index contributed by atoms with van der Waals surface area (Å²) in [5, 5.41) is 12.7. The SMILES string of the molecule is c1ccc(-c2ccc(N(c3ccc(-c4ccc5c(c4)c4c6ccc7cccc8ccc(cc4n5-c4cccc5ccccc45)c6c87)cc3)c3ccc(N(c4ccccc4)c4ccccc4)cc3)cc2)cc1. The summed E-state index contributed by atoms with van der Waals surface area (Å²) in [6.07, 6.45) is 0. The third kappa shape index (κ3) is 6.82. The Morgan fingerprint density at radius 1 is 0.225 bits per heavy atom. The van der Waals surface area contributed by atoms with Gasteiger partial charge in [0.15, 0.2) is 0 Å². The highest BCUT2D eigenvalue weighted by atomic mass is 15.2. The van der Waals surface area contributed by atoms with E-state index in [0.29, 0.717) is 0 Å². The summed E-state index contributed by atoms with van der Waals surface area (Å²) in [6.45, 7) is 0. The fraction of sp³-hybridized carbons (Fsp3) is 0. The van der Waals surface area contributed by atoms with Gasteiger partial charge in [0, 0.05) is 50.3 Å². The van der Waals surface area contributed by atoms with Crippen LogP contribution in [0.15, 0.2) is 273 Å². The number of nitrogens with zero attached hydrogens (tertiary/aromatic N) is 3. The number of aromatic nitrogens is 1. The zero-order valence-corrected chi connectivity index (χ0v) is 38.8. The normalized spacial score (nSPS) is 11.7. The lowest BCUT2D eigenvalue weighted by atomic mass is 9.91. The van der Waals surface area contributed by atoms with Gasteiger partial charge in [-0.05, 0) is 157 Å². The van der Waals surface area contributed by atoms with Gasteiger partial charge in [-0.3, -0.25) is 0 Å². The van der Waals surface area contributed by atoms with Crippen LogP contribution in [0.25, 0.3) is 92.8 Å². The van der Waals surface area contributed by atoms with E-state index in [1.807, 2.05) is 0 Å². The summed E-state index contributed by atoms with van der Waals surface area (Å²) in [6, 6.07) is 99.6. The molecule has 0 saturated carbocycles. The Hall–Kier alpha value is -9.44. The molecular formula is C68H45N3. The Balaban J connectivity index is 0.908. The molecule has 0 amide bonds. The molecule has 14 rings (SSSR count). The lowest BCUT2D eigenvalue weighted by Crippen LogP contribution is -2.12. The average molecular weight is 904 g/mol. The monoisotopic (exact) mass is 903 g/mol. The van der Waals surface area contributed by atoms with E-state index in [1.165, 1.54) is 87.3 Å². The number of para-hydroxylation sites is 2. The van der Waals surface area contributed by atoms with E-state index in [4.69, 9.17) is 0 Å². The predicted octanol–water partition coefficient (Wildman–Crippen LogP) is 19.1. The summed E-state index contributed by atoms with van der Waals surface area (Å²) < 4.78 is 2.50. The van der Waals surface area contributed by atoms with E-state index in [9.17, 15) is 0 Å². The third-order valence-corrected chi connectivity index (χ3v) is 14.5. The zero-order valence-electron chi connectivity index (χ0n) is 38.8. The molecule has 332 valence electrons. The molecule has 0 aliphatic rings. The minimum absolute atomic E-state index is 1.07. The summed E-state index contributed by atoms with van der Waals surface area (Å²) in [5.74, 6) is 0. The number of hydrogen-bond acceptors (Lipinski definition) is 2. The molecule has 3 heteroatoms. The van der Waals surface area contributed by atoms with Crippen molar-refractivity contribution in [2.24, 2.45) is 0 Å². The second-order valence-electron chi connectivity index (χ2n) is 18.5.